The van der Waals surface area contributed by atoms with Crippen LogP contribution >= 0.6 is 0 Å². The first kappa shape index (κ1) is 21.5. The minimum Gasteiger partial charge on any atom is -0.412 e. The molecule has 3 saturated heterocycles. The van der Waals surface area contributed by atoms with Crippen LogP contribution in [0.25, 0.3) is 11.5 Å². The minimum atomic E-state index is -3.59. The molecule has 3 aliphatic heterocycles. The van der Waals surface area contributed by atoms with Crippen molar-refractivity contribution in [2.45, 2.75) is 23.5 Å². The average molecular weight is 465 g/mol. The van der Waals surface area contributed by atoms with Crippen molar-refractivity contribution >= 4 is 15.9 Å². The van der Waals surface area contributed by atoms with Crippen molar-refractivity contribution in [3.8, 4) is 11.5 Å². The number of hydrogen-bond acceptors (Lipinski definition) is 9. The van der Waals surface area contributed by atoms with Crippen molar-refractivity contribution in [1.82, 2.24) is 19.4 Å². The number of morpholine rings is 1. The smallest absolute Gasteiger partial charge is 0.311 e. The molecule has 3 aliphatic rings. The zero-order chi connectivity index (χ0) is 22.2. The summed E-state index contributed by atoms with van der Waals surface area (Å²) < 4.78 is 49.1. The van der Waals surface area contributed by atoms with Crippen molar-refractivity contribution < 1.29 is 31.8 Å². The molecule has 0 saturated carbocycles. The minimum absolute atomic E-state index is 0.103. The number of likely N-dealkylation sites (tertiary alicyclic amines) is 1. The fraction of sp³-hybridized carbons (Fsp3) is 0.550. The summed E-state index contributed by atoms with van der Waals surface area (Å²) in [6, 6.07) is 6.18. The van der Waals surface area contributed by atoms with Gasteiger partial charge < -0.3 is 23.5 Å². The third kappa shape index (κ3) is 4.04. The molecule has 1 amide bonds. The van der Waals surface area contributed by atoms with Gasteiger partial charge in [0.15, 0.2) is 5.79 Å². The molecule has 5 rings (SSSR count). The monoisotopic (exact) mass is 464 g/mol. The van der Waals surface area contributed by atoms with E-state index in [0.717, 1.165) is 0 Å². The topological polar surface area (TPSA) is 124 Å². The third-order valence-electron chi connectivity index (χ3n) is 5.94. The van der Waals surface area contributed by atoms with E-state index >= 15 is 0 Å². The van der Waals surface area contributed by atoms with Gasteiger partial charge in [0, 0.05) is 44.6 Å². The molecule has 2 aromatic rings. The second-order valence-corrected chi connectivity index (χ2v) is 9.79. The molecular weight excluding hydrogens is 440 g/mol. The van der Waals surface area contributed by atoms with Gasteiger partial charge in [-0.2, -0.15) is 4.31 Å². The maximum absolute atomic E-state index is 12.8. The highest BCUT2D eigenvalue weighted by atomic mass is 32.2. The molecule has 0 aliphatic carbocycles. The Labute approximate surface area is 185 Å². The van der Waals surface area contributed by atoms with Crippen LogP contribution in [0.4, 0.5) is 0 Å². The quantitative estimate of drug-likeness (QED) is 0.644. The summed E-state index contributed by atoms with van der Waals surface area (Å²) in [7, 11) is -3.59. The molecule has 0 atom stereocenters. The van der Waals surface area contributed by atoms with Gasteiger partial charge in [-0.05, 0) is 24.3 Å². The lowest BCUT2D eigenvalue weighted by molar-refractivity contribution is -0.181. The van der Waals surface area contributed by atoms with Crippen LogP contribution < -0.4 is 0 Å². The normalized spacial score (nSPS) is 21.8. The Kier molecular flexibility index (Phi) is 5.72. The number of benzene rings is 1. The van der Waals surface area contributed by atoms with E-state index in [1.54, 1.807) is 17.0 Å². The lowest BCUT2D eigenvalue weighted by atomic mass is 10.0. The van der Waals surface area contributed by atoms with Gasteiger partial charge in [-0.25, -0.2) is 8.42 Å². The first-order valence-electron chi connectivity index (χ1n) is 10.6. The van der Waals surface area contributed by atoms with E-state index in [2.05, 4.69) is 10.2 Å². The van der Waals surface area contributed by atoms with Crippen LogP contribution in [0, 0.1) is 0 Å². The fourth-order valence-electron chi connectivity index (χ4n) is 4.10. The first-order valence-corrected chi connectivity index (χ1v) is 12.0. The van der Waals surface area contributed by atoms with Crippen molar-refractivity contribution in [3.63, 3.8) is 0 Å². The second kappa shape index (κ2) is 8.52. The summed E-state index contributed by atoms with van der Waals surface area (Å²) in [4.78, 5) is 14.6. The van der Waals surface area contributed by atoms with Gasteiger partial charge in [-0.3, -0.25) is 4.79 Å². The van der Waals surface area contributed by atoms with E-state index in [1.807, 2.05) is 0 Å². The van der Waals surface area contributed by atoms with E-state index in [1.165, 1.54) is 16.4 Å². The molecule has 0 bridgehead atoms. The second-order valence-electron chi connectivity index (χ2n) is 7.85. The molecule has 3 fully saturated rings. The number of carbonyl (C=O) groups excluding carboxylic acids is 1. The SMILES string of the molecule is O=C(c1nnc(-c2ccc(S(=O)(=O)N3CCOCC3)cc2)o1)N1CCC2(CC1)OCCO2. The van der Waals surface area contributed by atoms with Gasteiger partial charge in [0.2, 0.25) is 15.9 Å². The summed E-state index contributed by atoms with van der Waals surface area (Å²) in [5.41, 5.74) is 0.530. The number of ether oxygens (including phenoxy) is 3. The third-order valence-corrected chi connectivity index (χ3v) is 7.86. The maximum atomic E-state index is 12.8. The van der Waals surface area contributed by atoms with Crippen molar-refractivity contribution in [2.24, 2.45) is 0 Å². The Morgan fingerprint density at radius 3 is 2.22 bits per heavy atom. The van der Waals surface area contributed by atoms with Crippen LogP contribution in [0.2, 0.25) is 0 Å². The van der Waals surface area contributed by atoms with E-state index in [0.29, 0.717) is 71.0 Å². The van der Waals surface area contributed by atoms with Crippen molar-refractivity contribution in [3.05, 3.63) is 30.2 Å². The summed E-state index contributed by atoms with van der Waals surface area (Å²) in [5.74, 6) is -0.864. The molecule has 4 heterocycles. The average Bonchev–Trinajstić information content (AvgIpc) is 3.50. The lowest BCUT2D eigenvalue weighted by Crippen LogP contribution is -2.47. The summed E-state index contributed by atoms with van der Waals surface area (Å²) in [6.07, 6.45) is 1.19. The molecule has 12 heteroatoms. The van der Waals surface area contributed by atoms with Crippen LogP contribution in [-0.4, -0.2) is 92.1 Å². The highest BCUT2D eigenvalue weighted by molar-refractivity contribution is 7.89. The van der Waals surface area contributed by atoms with Gasteiger partial charge in [0.25, 0.3) is 0 Å². The summed E-state index contributed by atoms with van der Waals surface area (Å²) >= 11 is 0. The van der Waals surface area contributed by atoms with Gasteiger partial charge in [-0.15, -0.1) is 10.2 Å². The number of aromatic nitrogens is 2. The zero-order valence-corrected chi connectivity index (χ0v) is 18.3. The summed E-state index contributed by atoms with van der Waals surface area (Å²) in [5, 5.41) is 7.86. The van der Waals surface area contributed by atoms with Crippen molar-refractivity contribution in [1.29, 1.82) is 0 Å². The van der Waals surface area contributed by atoms with Crippen LogP contribution in [0.1, 0.15) is 23.5 Å². The Balaban J connectivity index is 1.26. The Hall–Kier alpha value is -2.38. The summed E-state index contributed by atoms with van der Waals surface area (Å²) in [6.45, 7) is 3.53. The molecule has 0 N–H and O–H groups in total. The zero-order valence-electron chi connectivity index (χ0n) is 17.4. The largest absolute Gasteiger partial charge is 0.412 e. The molecule has 1 aromatic carbocycles. The van der Waals surface area contributed by atoms with E-state index in [9.17, 15) is 13.2 Å². The molecular formula is C20H24N4O7S. The highest BCUT2D eigenvalue weighted by Crippen LogP contribution is 2.32. The number of rotatable bonds is 4. The fourth-order valence-corrected chi connectivity index (χ4v) is 5.51. The standard InChI is InChI=1S/C20H24N4O7S/c25-19(23-7-5-20(6-8-23)29-13-14-30-20)18-22-21-17(31-18)15-1-3-16(4-2-15)32(26,27)24-9-11-28-12-10-24/h1-4H,5-14H2. The Morgan fingerprint density at radius 1 is 0.906 bits per heavy atom. The van der Waals surface area contributed by atoms with Crippen LogP contribution in [0.5, 0.6) is 0 Å². The molecule has 32 heavy (non-hydrogen) atoms. The van der Waals surface area contributed by atoms with Crippen molar-refractivity contribution in [2.75, 3.05) is 52.6 Å². The number of piperidine rings is 1. The van der Waals surface area contributed by atoms with E-state index in [-0.39, 0.29) is 22.6 Å². The number of sulfonamides is 1. The van der Waals surface area contributed by atoms with Crippen LogP contribution in [0.3, 0.4) is 0 Å². The van der Waals surface area contributed by atoms with Gasteiger partial charge >= 0.3 is 11.8 Å². The van der Waals surface area contributed by atoms with Gasteiger partial charge in [0.1, 0.15) is 0 Å². The lowest BCUT2D eigenvalue weighted by Gasteiger charge is -2.36. The Morgan fingerprint density at radius 2 is 1.56 bits per heavy atom. The molecule has 11 nitrogen and oxygen atoms in total. The highest BCUT2D eigenvalue weighted by Gasteiger charge is 2.41. The maximum Gasteiger partial charge on any atom is 0.311 e. The van der Waals surface area contributed by atoms with Crippen LogP contribution in [0.15, 0.2) is 33.6 Å². The number of amides is 1. The van der Waals surface area contributed by atoms with E-state index in [4.69, 9.17) is 18.6 Å². The Bertz CT molecular complexity index is 1060. The number of hydrogen-bond donors (Lipinski definition) is 0. The molecule has 172 valence electrons. The predicted octanol–water partition coefficient (Wildman–Crippen LogP) is 0.737. The molecule has 1 aromatic heterocycles. The first-order chi connectivity index (χ1) is 15.5. The van der Waals surface area contributed by atoms with Crippen LogP contribution in [-0.2, 0) is 24.2 Å². The molecule has 0 radical (unpaired) electrons. The number of nitrogens with zero attached hydrogens (tertiary/aromatic N) is 4. The molecule has 0 unspecified atom stereocenters. The van der Waals surface area contributed by atoms with Gasteiger partial charge in [0.05, 0.1) is 31.3 Å². The molecule has 1 spiro atoms. The van der Waals surface area contributed by atoms with Gasteiger partial charge in [-0.1, -0.05) is 0 Å². The van der Waals surface area contributed by atoms with E-state index < -0.39 is 15.8 Å². The predicted molar refractivity (Wildman–Crippen MR) is 109 cm³/mol. The number of carbonyl (C=O) groups is 1.